The van der Waals surface area contributed by atoms with Gasteiger partial charge in [0.05, 0.1) is 29.7 Å². The minimum absolute atomic E-state index is 0.185. The Morgan fingerprint density at radius 1 is 1.25 bits per heavy atom. The number of ether oxygens (including phenoxy) is 1. The van der Waals surface area contributed by atoms with Gasteiger partial charge < -0.3 is 20.7 Å². The van der Waals surface area contributed by atoms with Crippen molar-refractivity contribution >= 4 is 29.2 Å². The van der Waals surface area contributed by atoms with Crippen molar-refractivity contribution in [2.75, 3.05) is 0 Å². The number of nitrogens with zero attached hydrogens (tertiary/aromatic N) is 1. The predicted octanol–water partition coefficient (Wildman–Crippen LogP) is 6.32. The van der Waals surface area contributed by atoms with Crippen molar-refractivity contribution in [2.45, 2.75) is 119 Å². The van der Waals surface area contributed by atoms with Crippen LogP contribution < -0.4 is 5.73 Å². The molecule has 1 saturated carbocycles. The summed E-state index contributed by atoms with van der Waals surface area (Å²) in [5.41, 5.74) is 5.46. The quantitative estimate of drug-likeness (QED) is 0.164. The number of Topliss-reactive ketones (excluding diaryl/α,β-unsaturated/α-hetero) is 1. The van der Waals surface area contributed by atoms with Gasteiger partial charge in [0, 0.05) is 17.8 Å². The van der Waals surface area contributed by atoms with Crippen LogP contribution in [0, 0.1) is 28.6 Å². The SMILES string of the molecule is C=Cc1csc(CN)n1.CC/C=C/CC1(C)CC(C[C@H](OC(=O)C[C@H](O)C(C)(C)C(=O)C(C)C(C)O)C(C)C)C1. The van der Waals surface area contributed by atoms with Gasteiger partial charge in [-0.25, -0.2) is 4.98 Å². The highest BCUT2D eigenvalue weighted by atomic mass is 32.1. The maximum atomic E-state index is 12.6. The molecule has 0 aliphatic heterocycles. The molecule has 7 nitrogen and oxygen atoms in total. The molecule has 228 valence electrons. The van der Waals surface area contributed by atoms with E-state index < -0.39 is 29.5 Å². The largest absolute Gasteiger partial charge is 0.462 e. The molecule has 1 heterocycles. The Labute approximate surface area is 246 Å². The third kappa shape index (κ3) is 11.2. The molecule has 4 atom stereocenters. The number of hydrogen-bond donors (Lipinski definition) is 3. The van der Waals surface area contributed by atoms with Crippen molar-refractivity contribution in [3.8, 4) is 0 Å². The molecule has 0 bridgehead atoms. The summed E-state index contributed by atoms with van der Waals surface area (Å²) in [6, 6.07) is 0. The number of ketones is 1. The first kappa shape index (κ1) is 36.2. The Morgan fingerprint density at radius 2 is 1.88 bits per heavy atom. The molecule has 0 amide bonds. The van der Waals surface area contributed by atoms with Crippen molar-refractivity contribution in [1.82, 2.24) is 4.98 Å². The van der Waals surface area contributed by atoms with Gasteiger partial charge in [-0.15, -0.1) is 11.3 Å². The first-order valence-electron chi connectivity index (χ1n) is 14.6. The lowest BCUT2D eigenvalue weighted by molar-refractivity contribution is -0.159. The number of nitrogens with two attached hydrogens (primary N) is 1. The van der Waals surface area contributed by atoms with E-state index in [0.717, 1.165) is 42.8 Å². The van der Waals surface area contributed by atoms with Gasteiger partial charge in [0.25, 0.3) is 0 Å². The van der Waals surface area contributed by atoms with Crippen molar-refractivity contribution in [3.63, 3.8) is 0 Å². The van der Waals surface area contributed by atoms with Gasteiger partial charge >= 0.3 is 5.97 Å². The average Bonchev–Trinajstić information content (AvgIpc) is 3.35. The zero-order valence-corrected chi connectivity index (χ0v) is 26.8. The molecule has 2 unspecified atom stereocenters. The number of carbonyl (C=O) groups is 2. The van der Waals surface area contributed by atoms with E-state index in [-0.39, 0.29) is 24.2 Å². The normalized spacial score (nSPS) is 22.1. The summed E-state index contributed by atoms with van der Waals surface area (Å²) in [6.07, 6.45) is 9.14. The van der Waals surface area contributed by atoms with E-state index in [4.69, 9.17) is 10.5 Å². The minimum atomic E-state index is -1.15. The van der Waals surface area contributed by atoms with Gasteiger partial charge in [0.15, 0.2) is 0 Å². The van der Waals surface area contributed by atoms with E-state index >= 15 is 0 Å². The zero-order chi connectivity index (χ0) is 30.7. The van der Waals surface area contributed by atoms with Crippen LogP contribution in [0.2, 0.25) is 0 Å². The monoisotopic (exact) mass is 578 g/mol. The first-order chi connectivity index (χ1) is 18.6. The predicted molar refractivity (Wildman–Crippen MR) is 165 cm³/mol. The first-order valence-corrected chi connectivity index (χ1v) is 15.5. The molecule has 2 rings (SSSR count). The number of rotatable bonds is 15. The van der Waals surface area contributed by atoms with E-state index in [9.17, 15) is 19.8 Å². The number of aliphatic hydroxyl groups is 2. The fourth-order valence-electron chi connectivity index (χ4n) is 5.10. The molecule has 1 fully saturated rings. The molecule has 1 aromatic rings. The van der Waals surface area contributed by atoms with E-state index in [0.29, 0.717) is 17.9 Å². The number of carbonyl (C=O) groups excluding carboxylic acids is 2. The fraction of sp³-hybridized carbons (Fsp3) is 0.719. The summed E-state index contributed by atoms with van der Waals surface area (Å²) in [6.45, 7) is 19.1. The number of esters is 1. The fourth-order valence-corrected chi connectivity index (χ4v) is 5.76. The highest BCUT2D eigenvalue weighted by Crippen LogP contribution is 2.50. The van der Waals surface area contributed by atoms with Gasteiger partial charge in [-0.1, -0.05) is 67.2 Å². The Bertz CT molecular complexity index is 962. The van der Waals surface area contributed by atoms with Crippen molar-refractivity contribution in [1.29, 1.82) is 0 Å². The maximum Gasteiger partial charge on any atom is 0.308 e. The zero-order valence-electron chi connectivity index (χ0n) is 26.0. The smallest absolute Gasteiger partial charge is 0.308 e. The molecular weight excluding hydrogens is 524 g/mol. The number of aromatic nitrogens is 1. The van der Waals surface area contributed by atoms with E-state index in [1.165, 1.54) is 0 Å². The van der Waals surface area contributed by atoms with Crippen LogP contribution in [0.3, 0.4) is 0 Å². The third-order valence-electron chi connectivity index (χ3n) is 8.09. The molecule has 0 saturated heterocycles. The van der Waals surface area contributed by atoms with Crippen LogP contribution in [0.1, 0.15) is 105 Å². The van der Waals surface area contributed by atoms with E-state index in [2.05, 4.69) is 37.6 Å². The standard InChI is InChI=1S/C26H46O5.C6H8N2S/c1-9-10-11-12-26(8)15-20(16-26)13-21(17(2)3)31-23(29)14-22(28)25(6,7)24(30)18(4)19(5)27;1-2-5-4-9-6(3-7)8-5/h10-11,17-22,27-28H,9,12-16H2,1-8H3;2,4H,1,3,7H2/b11-10+;/t18?,19?,20?,21-,22-,26?;/m0./s1. The second kappa shape index (κ2) is 16.5. The second-order valence-electron chi connectivity index (χ2n) is 12.6. The molecule has 40 heavy (non-hydrogen) atoms. The summed E-state index contributed by atoms with van der Waals surface area (Å²) in [4.78, 5) is 29.3. The van der Waals surface area contributed by atoms with E-state index in [1.54, 1.807) is 45.1 Å². The average molecular weight is 579 g/mol. The van der Waals surface area contributed by atoms with Crippen molar-refractivity contribution in [3.05, 3.63) is 34.8 Å². The van der Waals surface area contributed by atoms with Gasteiger partial charge in [0.1, 0.15) is 16.9 Å². The van der Waals surface area contributed by atoms with Crippen LogP contribution in [0.15, 0.2) is 24.1 Å². The lowest BCUT2D eigenvalue weighted by Gasteiger charge is -2.46. The number of thiazole rings is 1. The lowest BCUT2D eigenvalue weighted by atomic mass is 9.60. The summed E-state index contributed by atoms with van der Waals surface area (Å²) < 4.78 is 5.76. The topological polar surface area (TPSA) is 123 Å². The number of allylic oxidation sites excluding steroid dienone is 2. The minimum Gasteiger partial charge on any atom is -0.462 e. The van der Waals surface area contributed by atoms with Crippen LogP contribution in [0.4, 0.5) is 0 Å². The molecule has 1 aromatic heterocycles. The second-order valence-corrected chi connectivity index (χ2v) is 13.5. The number of hydrogen-bond acceptors (Lipinski definition) is 8. The van der Waals surface area contributed by atoms with Gasteiger partial charge in [0.2, 0.25) is 0 Å². The molecule has 4 N–H and O–H groups in total. The third-order valence-corrected chi connectivity index (χ3v) is 8.98. The molecule has 0 aromatic carbocycles. The Balaban J connectivity index is 0.000000747. The van der Waals surface area contributed by atoms with E-state index in [1.807, 2.05) is 19.2 Å². The Hall–Kier alpha value is -1.87. The Kier molecular flexibility index (Phi) is 15.0. The van der Waals surface area contributed by atoms with Gasteiger partial charge in [-0.3, -0.25) is 9.59 Å². The number of aliphatic hydroxyl groups excluding tert-OH is 2. The molecule has 1 aliphatic carbocycles. The Morgan fingerprint density at radius 3 is 2.33 bits per heavy atom. The van der Waals surface area contributed by atoms with Crippen LogP contribution in [-0.2, 0) is 20.9 Å². The summed E-state index contributed by atoms with van der Waals surface area (Å²) in [7, 11) is 0. The highest BCUT2D eigenvalue weighted by Gasteiger charge is 2.42. The molecule has 1 aliphatic rings. The highest BCUT2D eigenvalue weighted by molar-refractivity contribution is 7.09. The molecule has 0 radical (unpaired) electrons. The summed E-state index contributed by atoms with van der Waals surface area (Å²) in [5.74, 6) is -0.587. The van der Waals surface area contributed by atoms with Crippen molar-refractivity contribution in [2.24, 2.45) is 34.3 Å². The van der Waals surface area contributed by atoms with Crippen LogP contribution in [0.5, 0.6) is 0 Å². The van der Waals surface area contributed by atoms with Crippen molar-refractivity contribution < 1.29 is 24.5 Å². The summed E-state index contributed by atoms with van der Waals surface area (Å²) in [5, 5.41) is 23.2. The van der Waals surface area contributed by atoms with Gasteiger partial charge in [-0.05, 0) is 62.4 Å². The lowest BCUT2D eigenvalue weighted by Crippen LogP contribution is -2.44. The van der Waals surface area contributed by atoms with Crippen LogP contribution in [0.25, 0.3) is 6.08 Å². The molecular formula is C32H54N2O5S. The van der Waals surface area contributed by atoms with Gasteiger partial charge in [-0.2, -0.15) is 0 Å². The maximum absolute atomic E-state index is 12.6. The summed E-state index contributed by atoms with van der Waals surface area (Å²) >= 11 is 1.57. The molecule has 0 spiro atoms. The molecule has 8 heteroatoms. The van der Waals surface area contributed by atoms with Crippen LogP contribution in [-0.4, -0.2) is 45.3 Å². The van der Waals surface area contributed by atoms with Crippen LogP contribution >= 0.6 is 11.3 Å².